The molecule has 0 spiro atoms. The summed E-state index contributed by atoms with van der Waals surface area (Å²) >= 11 is 7.10. The molecule has 4 nitrogen and oxygen atoms in total. The van der Waals surface area contributed by atoms with Crippen LogP contribution in [0.5, 0.6) is 5.75 Å². The van der Waals surface area contributed by atoms with Crippen LogP contribution in [0.25, 0.3) is 6.08 Å². The zero-order valence-electron chi connectivity index (χ0n) is 11.3. The first-order valence-electron chi connectivity index (χ1n) is 6.44. The van der Waals surface area contributed by atoms with Gasteiger partial charge in [0.1, 0.15) is 5.75 Å². The third-order valence-corrected chi connectivity index (χ3v) is 4.06. The van der Waals surface area contributed by atoms with Crippen LogP contribution in [0.4, 0.5) is 5.69 Å². The van der Waals surface area contributed by atoms with Gasteiger partial charge in [0.05, 0.1) is 10.6 Å². The number of hydrogen-bond acceptors (Lipinski definition) is 4. The molecule has 2 N–H and O–H groups in total. The molecule has 0 atom stereocenters. The van der Waals surface area contributed by atoms with Gasteiger partial charge in [0.25, 0.3) is 5.91 Å². The van der Waals surface area contributed by atoms with E-state index < -0.39 is 0 Å². The Bertz CT molecular complexity index is 768. The molecule has 0 saturated carbocycles. The SMILES string of the molecule is O=C1NC(=Nc2ccc(Cl)cc2)S/C1=C\c1ccc(O)cc1. The lowest BCUT2D eigenvalue weighted by atomic mass is 10.2. The van der Waals surface area contributed by atoms with Gasteiger partial charge in [0, 0.05) is 5.02 Å². The predicted molar refractivity (Wildman–Crippen MR) is 90.4 cm³/mol. The average molecular weight is 331 g/mol. The van der Waals surface area contributed by atoms with Crippen molar-refractivity contribution in [1.29, 1.82) is 0 Å². The first kappa shape index (κ1) is 14.7. The summed E-state index contributed by atoms with van der Waals surface area (Å²) in [5.74, 6) is 0.00135. The van der Waals surface area contributed by atoms with Crippen molar-refractivity contribution < 1.29 is 9.90 Å². The van der Waals surface area contributed by atoms with E-state index in [2.05, 4.69) is 10.3 Å². The number of carbonyl (C=O) groups is 1. The van der Waals surface area contributed by atoms with E-state index in [0.29, 0.717) is 15.1 Å². The van der Waals surface area contributed by atoms with Gasteiger partial charge in [0.15, 0.2) is 5.17 Å². The Kier molecular flexibility index (Phi) is 4.18. The Hall–Kier alpha value is -2.24. The van der Waals surface area contributed by atoms with Crippen molar-refractivity contribution in [2.75, 3.05) is 0 Å². The Labute approximate surface area is 136 Å². The van der Waals surface area contributed by atoms with Crippen LogP contribution in [0.2, 0.25) is 5.02 Å². The van der Waals surface area contributed by atoms with Crippen LogP contribution in [-0.2, 0) is 4.79 Å². The molecule has 6 heteroatoms. The van der Waals surface area contributed by atoms with E-state index in [1.165, 1.54) is 11.8 Å². The lowest BCUT2D eigenvalue weighted by Crippen LogP contribution is -2.19. The van der Waals surface area contributed by atoms with Crippen molar-refractivity contribution in [1.82, 2.24) is 5.32 Å². The highest BCUT2D eigenvalue weighted by Crippen LogP contribution is 2.28. The molecule has 2 aromatic rings. The number of nitrogens with one attached hydrogen (secondary N) is 1. The fourth-order valence-electron chi connectivity index (χ4n) is 1.84. The minimum Gasteiger partial charge on any atom is -0.508 e. The van der Waals surface area contributed by atoms with Gasteiger partial charge in [-0.05, 0) is 59.8 Å². The first-order chi connectivity index (χ1) is 10.6. The fraction of sp³-hybridized carbons (Fsp3) is 0. The molecule has 1 heterocycles. The number of phenols is 1. The maximum absolute atomic E-state index is 11.9. The van der Waals surface area contributed by atoms with Gasteiger partial charge >= 0.3 is 0 Å². The number of halogens is 1. The second-order valence-corrected chi connectivity index (χ2v) is 6.02. The molecule has 3 rings (SSSR count). The van der Waals surface area contributed by atoms with Crippen LogP contribution in [0.1, 0.15) is 5.56 Å². The zero-order chi connectivity index (χ0) is 15.5. The number of thioether (sulfide) groups is 1. The molecule has 110 valence electrons. The van der Waals surface area contributed by atoms with Gasteiger partial charge in [-0.25, -0.2) is 4.99 Å². The van der Waals surface area contributed by atoms with Gasteiger partial charge in [-0.2, -0.15) is 0 Å². The van der Waals surface area contributed by atoms with Gasteiger partial charge in [-0.15, -0.1) is 0 Å². The summed E-state index contributed by atoms with van der Waals surface area (Å²) in [6.45, 7) is 0. The van der Waals surface area contributed by atoms with Crippen molar-refractivity contribution in [2.24, 2.45) is 4.99 Å². The van der Waals surface area contributed by atoms with E-state index in [4.69, 9.17) is 11.6 Å². The molecular formula is C16H11ClN2O2S. The van der Waals surface area contributed by atoms with Crippen LogP contribution < -0.4 is 5.32 Å². The molecule has 1 saturated heterocycles. The monoisotopic (exact) mass is 330 g/mol. The van der Waals surface area contributed by atoms with E-state index in [1.807, 2.05) is 0 Å². The molecule has 0 bridgehead atoms. The molecule has 2 aromatic carbocycles. The summed E-state index contributed by atoms with van der Waals surface area (Å²) in [6.07, 6.45) is 1.75. The number of amides is 1. The number of rotatable bonds is 2. The normalized spacial score (nSPS) is 18.0. The van der Waals surface area contributed by atoms with Crippen molar-refractivity contribution in [3.05, 3.63) is 64.0 Å². The molecule has 22 heavy (non-hydrogen) atoms. The molecular weight excluding hydrogens is 320 g/mol. The Morgan fingerprint density at radius 3 is 2.45 bits per heavy atom. The number of benzene rings is 2. The van der Waals surface area contributed by atoms with Gasteiger partial charge < -0.3 is 10.4 Å². The highest BCUT2D eigenvalue weighted by molar-refractivity contribution is 8.18. The topological polar surface area (TPSA) is 61.7 Å². The number of aliphatic imine (C=N–C) groups is 1. The lowest BCUT2D eigenvalue weighted by molar-refractivity contribution is -0.115. The number of carbonyl (C=O) groups excluding carboxylic acids is 1. The van der Waals surface area contributed by atoms with Gasteiger partial charge in [-0.3, -0.25) is 4.79 Å². The fourth-order valence-corrected chi connectivity index (χ4v) is 2.80. The number of hydrogen-bond donors (Lipinski definition) is 2. The molecule has 0 aliphatic carbocycles. The van der Waals surface area contributed by atoms with Crippen LogP contribution in [0.3, 0.4) is 0 Å². The second-order valence-electron chi connectivity index (χ2n) is 4.55. The second kappa shape index (κ2) is 6.25. The largest absolute Gasteiger partial charge is 0.508 e. The van der Waals surface area contributed by atoms with E-state index in [1.54, 1.807) is 54.6 Å². The standard InChI is InChI=1S/C16H11ClN2O2S/c17-11-3-5-12(6-4-11)18-16-19-15(21)14(22-16)9-10-1-7-13(20)8-2-10/h1-9,20H,(H,18,19,21)/b14-9-. The number of aromatic hydroxyl groups is 1. The lowest BCUT2D eigenvalue weighted by Gasteiger charge is -1.96. The molecule has 0 radical (unpaired) electrons. The number of phenolic OH excluding ortho intramolecular Hbond substituents is 1. The quantitative estimate of drug-likeness (QED) is 0.820. The highest BCUT2D eigenvalue weighted by Gasteiger charge is 2.23. The van der Waals surface area contributed by atoms with Gasteiger partial charge in [0.2, 0.25) is 0 Å². The van der Waals surface area contributed by atoms with E-state index >= 15 is 0 Å². The maximum Gasteiger partial charge on any atom is 0.264 e. The summed E-state index contributed by atoms with van der Waals surface area (Å²) < 4.78 is 0. The summed E-state index contributed by atoms with van der Waals surface area (Å²) in [6, 6.07) is 13.7. The van der Waals surface area contributed by atoms with E-state index in [0.717, 1.165) is 11.3 Å². The third-order valence-electron chi connectivity index (χ3n) is 2.90. The zero-order valence-corrected chi connectivity index (χ0v) is 12.9. The minimum absolute atomic E-state index is 0.189. The van der Waals surface area contributed by atoms with Gasteiger partial charge in [-0.1, -0.05) is 23.7 Å². The van der Waals surface area contributed by atoms with Crippen LogP contribution in [-0.4, -0.2) is 16.2 Å². The summed E-state index contributed by atoms with van der Waals surface area (Å²) in [4.78, 5) is 16.9. The van der Waals surface area contributed by atoms with E-state index in [9.17, 15) is 9.90 Å². The van der Waals surface area contributed by atoms with Crippen LogP contribution >= 0.6 is 23.4 Å². The molecule has 0 unspecified atom stereocenters. The Balaban J connectivity index is 1.80. The highest BCUT2D eigenvalue weighted by atomic mass is 35.5. The molecule has 1 fully saturated rings. The molecule has 1 aliphatic rings. The average Bonchev–Trinajstić information content (AvgIpc) is 2.84. The maximum atomic E-state index is 11.9. The summed E-state index contributed by atoms with van der Waals surface area (Å²) in [7, 11) is 0. The minimum atomic E-state index is -0.189. The van der Waals surface area contributed by atoms with E-state index in [-0.39, 0.29) is 11.7 Å². The van der Waals surface area contributed by atoms with Crippen molar-refractivity contribution in [2.45, 2.75) is 0 Å². The molecule has 1 amide bonds. The third kappa shape index (κ3) is 3.50. The van der Waals surface area contributed by atoms with Crippen LogP contribution in [0.15, 0.2) is 58.4 Å². The van der Waals surface area contributed by atoms with Crippen molar-refractivity contribution >= 4 is 46.2 Å². The molecule has 0 aromatic heterocycles. The number of amidine groups is 1. The Morgan fingerprint density at radius 1 is 1.09 bits per heavy atom. The Morgan fingerprint density at radius 2 is 1.77 bits per heavy atom. The summed E-state index contributed by atoms with van der Waals surface area (Å²) in [5.41, 5.74) is 1.56. The molecule has 1 aliphatic heterocycles. The first-order valence-corrected chi connectivity index (χ1v) is 7.64. The van der Waals surface area contributed by atoms with Crippen molar-refractivity contribution in [3.63, 3.8) is 0 Å². The predicted octanol–water partition coefficient (Wildman–Crippen LogP) is 3.94. The smallest absolute Gasteiger partial charge is 0.264 e. The van der Waals surface area contributed by atoms with Crippen LogP contribution in [0, 0.1) is 0 Å². The number of nitrogens with zero attached hydrogens (tertiary/aromatic N) is 1. The summed E-state index contributed by atoms with van der Waals surface area (Å²) in [5, 5.41) is 13.1. The van der Waals surface area contributed by atoms with Crippen molar-refractivity contribution in [3.8, 4) is 5.75 Å².